The Bertz CT molecular complexity index is 609. The summed E-state index contributed by atoms with van der Waals surface area (Å²) in [5.41, 5.74) is 6.30. The molecule has 21 heavy (non-hydrogen) atoms. The Hall–Kier alpha value is -1.92. The Morgan fingerprint density at radius 1 is 1.33 bits per heavy atom. The number of thiocarbonyl (C=S) groups is 1. The van der Waals surface area contributed by atoms with Crippen LogP contribution in [0.1, 0.15) is 10.4 Å². The van der Waals surface area contributed by atoms with Crippen LogP contribution in [0.3, 0.4) is 0 Å². The summed E-state index contributed by atoms with van der Waals surface area (Å²) in [6, 6.07) is 11.0. The van der Waals surface area contributed by atoms with Crippen LogP contribution in [0.2, 0.25) is 0 Å². The minimum Gasteiger partial charge on any atom is -0.484 e. The quantitative estimate of drug-likeness (QED) is 0.831. The number of thiophene rings is 1. The van der Waals surface area contributed by atoms with Gasteiger partial charge in [-0.15, -0.1) is 11.3 Å². The number of amides is 1. The van der Waals surface area contributed by atoms with Gasteiger partial charge in [0.2, 0.25) is 0 Å². The number of likely N-dealkylation sites (N-methyl/N-ethyl adjacent to an activating group) is 1. The molecule has 0 spiro atoms. The van der Waals surface area contributed by atoms with E-state index in [-0.39, 0.29) is 12.5 Å². The highest BCUT2D eigenvalue weighted by molar-refractivity contribution is 7.80. The van der Waals surface area contributed by atoms with Crippen molar-refractivity contribution in [3.05, 3.63) is 52.2 Å². The average molecular weight is 320 g/mol. The van der Waals surface area contributed by atoms with Crippen LogP contribution in [0.5, 0.6) is 5.75 Å². The van der Waals surface area contributed by atoms with Crippen molar-refractivity contribution in [1.29, 1.82) is 0 Å². The topological polar surface area (TPSA) is 55.6 Å². The van der Waals surface area contributed by atoms with Gasteiger partial charge in [0.25, 0.3) is 5.91 Å². The van der Waals surface area contributed by atoms with E-state index in [1.54, 1.807) is 47.5 Å². The molecular weight excluding hydrogens is 304 g/mol. The highest BCUT2D eigenvalue weighted by Crippen LogP contribution is 2.13. The standard InChI is InChI=1S/C15H16N2O2S2/c1-17(9-13-3-2-8-21-13)14(18)10-19-12-6-4-11(5-7-12)15(16)20/h2-8H,9-10H2,1H3,(H2,16,20). The summed E-state index contributed by atoms with van der Waals surface area (Å²) in [4.78, 5) is 15.1. The third kappa shape index (κ3) is 4.54. The monoisotopic (exact) mass is 320 g/mol. The number of hydrogen-bond acceptors (Lipinski definition) is 4. The Kier molecular flexibility index (Phi) is 5.30. The van der Waals surface area contributed by atoms with Gasteiger partial charge < -0.3 is 15.4 Å². The zero-order valence-electron chi connectivity index (χ0n) is 11.6. The van der Waals surface area contributed by atoms with Gasteiger partial charge in [-0.3, -0.25) is 4.79 Å². The van der Waals surface area contributed by atoms with Crippen molar-refractivity contribution in [3.63, 3.8) is 0 Å². The zero-order chi connectivity index (χ0) is 15.2. The molecule has 0 fully saturated rings. The molecule has 0 saturated carbocycles. The van der Waals surface area contributed by atoms with E-state index < -0.39 is 0 Å². The van der Waals surface area contributed by atoms with E-state index in [4.69, 9.17) is 22.7 Å². The fraction of sp³-hybridized carbons (Fsp3) is 0.200. The summed E-state index contributed by atoms with van der Waals surface area (Å²) >= 11 is 6.51. The van der Waals surface area contributed by atoms with Crippen molar-refractivity contribution < 1.29 is 9.53 Å². The number of nitrogens with zero attached hydrogens (tertiary/aromatic N) is 1. The van der Waals surface area contributed by atoms with Crippen molar-refractivity contribution in [3.8, 4) is 5.75 Å². The molecule has 0 unspecified atom stereocenters. The van der Waals surface area contributed by atoms with Crippen molar-refractivity contribution >= 4 is 34.5 Å². The van der Waals surface area contributed by atoms with E-state index >= 15 is 0 Å². The highest BCUT2D eigenvalue weighted by atomic mass is 32.1. The van der Waals surface area contributed by atoms with Gasteiger partial charge in [0.15, 0.2) is 6.61 Å². The smallest absolute Gasteiger partial charge is 0.260 e. The van der Waals surface area contributed by atoms with E-state index in [2.05, 4.69) is 0 Å². The van der Waals surface area contributed by atoms with Crippen LogP contribution >= 0.6 is 23.6 Å². The van der Waals surface area contributed by atoms with Gasteiger partial charge in [0, 0.05) is 17.5 Å². The Morgan fingerprint density at radius 3 is 2.62 bits per heavy atom. The largest absolute Gasteiger partial charge is 0.484 e. The minimum atomic E-state index is -0.0678. The minimum absolute atomic E-state index is 0.00823. The third-order valence-electron chi connectivity index (χ3n) is 2.90. The Morgan fingerprint density at radius 2 is 2.05 bits per heavy atom. The van der Waals surface area contributed by atoms with Crippen molar-refractivity contribution in [1.82, 2.24) is 4.90 Å². The van der Waals surface area contributed by atoms with Gasteiger partial charge in [0.05, 0.1) is 6.54 Å². The van der Waals surface area contributed by atoms with Gasteiger partial charge in [-0.1, -0.05) is 18.3 Å². The lowest BCUT2D eigenvalue weighted by Gasteiger charge is -2.16. The number of benzene rings is 1. The number of hydrogen-bond donors (Lipinski definition) is 1. The molecule has 0 atom stereocenters. The molecule has 0 saturated heterocycles. The molecule has 0 bridgehead atoms. The molecule has 1 amide bonds. The highest BCUT2D eigenvalue weighted by Gasteiger charge is 2.10. The first-order valence-corrected chi connectivity index (χ1v) is 7.64. The first kappa shape index (κ1) is 15.5. The summed E-state index contributed by atoms with van der Waals surface area (Å²) in [6.07, 6.45) is 0. The fourth-order valence-corrected chi connectivity index (χ4v) is 2.59. The van der Waals surface area contributed by atoms with Crippen LogP contribution in [0, 0.1) is 0 Å². The maximum Gasteiger partial charge on any atom is 0.260 e. The molecule has 2 N–H and O–H groups in total. The van der Waals surface area contributed by atoms with E-state index in [1.165, 1.54) is 0 Å². The van der Waals surface area contributed by atoms with Crippen LogP contribution in [-0.4, -0.2) is 29.5 Å². The lowest BCUT2D eigenvalue weighted by atomic mass is 10.2. The molecule has 0 aliphatic heterocycles. The van der Waals surface area contributed by atoms with Gasteiger partial charge >= 0.3 is 0 Å². The number of nitrogens with two attached hydrogens (primary N) is 1. The van der Waals surface area contributed by atoms with Gasteiger partial charge in [-0.05, 0) is 35.7 Å². The van der Waals surface area contributed by atoms with Crippen LogP contribution in [0.25, 0.3) is 0 Å². The third-order valence-corrected chi connectivity index (χ3v) is 4.00. The van der Waals surface area contributed by atoms with E-state index in [9.17, 15) is 4.79 Å². The first-order valence-electron chi connectivity index (χ1n) is 6.35. The van der Waals surface area contributed by atoms with Crippen LogP contribution < -0.4 is 10.5 Å². The number of carbonyl (C=O) groups excluding carboxylic acids is 1. The second-order valence-electron chi connectivity index (χ2n) is 4.51. The lowest BCUT2D eigenvalue weighted by Crippen LogP contribution is -2.30. The second kappa shape index (κ2) is 7.19. The Labute approximate surface area is 133 Å². The summed E-state index contributed by atoms with van der Waals surface area (Å²) in [7, 11) is 1.77. The molecular formula is C15H16N2O2S2. The van der Waals surface area contributed by atoms with Gasteiger partial charge in [-0.25, -0.2) is 0 Å². The van der Waals surface area contributed by atoms with E-state index in [0.717, 1.165) is 10.4 Å². The molecule has 4 nitrogen and oxygen atoms in total. The predicted octanol–water partition coefficient (Wildman–Crippen LogP) is 2.42. The molecule has 0 radical (unpaired) electrons. The Balaban J connectivity index is 1.84. The van der Waals surface area contributed by atoms with Gasteiger partial charge in [0.1, 0.15) is 10.7 Å². The molecule has 110 valence electrons. The fourth-order valence-electron chi connectivity index (χ4n) is 1.70. The average Bonchev–Trinajstić information content (AvgIpc) is 2.98. The molecule has 0 aliphatic rings. The van der Waals surface area contributed by atoms with Gasteiger partial charge in [-0.2, -0.15) is 0 Å². The number of ether oxygens (including phenoxy) is 1. The van der Waals surface area contributed by atoms with Crippen LogP contribution in [-0.2, 0) is 11.3 Å². The summed E-state index contributed by atoms with van der Waals surface area (Å²) in [6.45, 7) is 0.606. The summed E-state index contributed by atoms with van der Waals surface area (Å²) < 4.78 is 5.47. The van der Waals surface area contributed by atoms with Crippen LogP contribution in [0.15, 0.2) is 41.8 Å². The van der Waals surface area contributed by atoms with Crippen molar-refractivity contribution in [2.45, 2.75) is 6.54 Å². The lowest BCUT2D eigenvalue weighted by molar-refractivity contribution is -0.132. The number of rotatable bonds is 6. The maximum atomic E-state index is 12.0. The number of carbonyl (C=O) groups is 1. The van der Waals surface area contributed by atoms with Crippen LogP contribution in [0.4, 0.5) is 0 Å². The first-order chi connectivity index (χ1) is 10.1. The second-order valence-corrected chi connectivity index (χ2v) is 5.98. The maximum absolute atomic E-state index is 12.0. The SMILES string of the molecule is CN(Cc1cccs1)C(=O)COc1ccc(C(N)=S)cc1. The molecule has 1 heterocycles. The summed E-state index contributed by atoms with van der Waals surface area (Å²) in [5, 5.41) is 1.99. The molecule has 1 aromatic heterocycles. The van der Waals surface area contributed by atoms with Crippen molar-refractivity contribution in [2.24, 2.45) is 5.73 Å². The molecule has 0 aliphatic carbocycles. The summed E-state index contributed by atoms with van der Waals surface area (Å²) in [5.74, 6) is 0.551. The normalized spacial score (nSPS) is 10.1. The zero-order valence-corrected chi connectivity index (χ0v) is 13.2. The molecule has 6 heteroatoms. The molecule has 1 aromatic carbocycles. The van der Waals surface area contributed by atoms with E-state index in [0.29, 0.717) is 17.3 Å². The predicted molar refractivity (Wildman–Crippen MR) is 88.6 cm³/mol. The van der Waals surface area contributed by atoms with E-state index in [1.807, 2.05) is 17.5 Å². The molecule has 2 aromatic rings. The molecule has 2 rings (SSSR count). The van der Waals surface area contributed by atoms with Crippen molar-refractivity contribution in [2.75, 3.05) is 13.7 Å².